The molecule has 0 saturated heterocycles. The van der Waals surface area contributed by atoms with Crippen molar-refractivity contribution in [1.29, 1.82) is 0 Å². The van der Waals surface area contributed by atoms with Crippen molar-refractivity contribution in [2.75, 3.05) is 52.0 Å². The summed E-state index contributed by atoms with van der Waals surface area (Å²) in [5, 5.41) is 3.35. The third-order valence-corrected chi connectivity index (χ3v) is 3.79. The fourth-order valence-electron chi connectivity index (χ4n) is 1.79. The first-order valence-corrected chi connectivity index (χ1v) is 7.75. The molecule has 1 aromatic rings. The van der Waals surface area contributed by atoms with Crippen molar-refractivity contribution in [3.8, 4) is 0 Å². The minimum Gasteiger partial charge on any atom is -0.383 e. The molecule has 5 heteroatoms. The molecule has 20 heavy (non-hydrogen) atoms. The summed E-state index contributed by atoms with van der Waals surface area (Å²) in [6.07, 6.45) is 0. The van der Waals surface area contributed by atoms with E-state index in [4.69, 9.17) is 9.47 Å². The molecule has 0 aliphatic rings. The molecule has 0 heterocycles. The summed E-state index contributed by atoms with van der Waals surface area (Å²) >= 11 is 3.64. The van der Waals surface area contributed by atoms with Gasteiger partial charge in [0.05, 0.1) is 13.2 Å². The van der Waals surface area contributed by atoms with Crippen LogP contribution in [0.3, 0.4) is 0 Å². The molecule has 0 amide bonds. The molecule has 0 spiro atoms. The molecule has 0 aromatic heterocycles. The van der Waals surface area contributed by atoms with Crippen molar-refractivity contribution in [3.05, 3.63) is 28.2 Å². The molecule has 0 unspecified atom stereocenters. The summed E-state index contributed by atoms with van der Waals surface area (Å²) in [5.74, 6) is 0. The van der Waals surface area contributed by atoms with E-state index in [1.54, 1.807) is 7.11 Å². The quantitative estimate of drug-likeness (QED) is 0.661. The summed E-state index contributed by atoms with van der Waals surface area (Å²) < 4.78 is 11.5. The van der Waals surface area contributed by atoms with Crippen LogP contribution in [0, 0.1) is 0 Å². The topological polar surface area (TPSA) is 33.7 Å². The van der Waals surface area contributed by atoms with Crippen LogP contribution in [0.2, 0.25) is 0 Å². The number of benzene rings is 1. The van der Waals surface area contributed by atoms with Gasteiger partial charge in [-0.25, -0.2) is 0 Å². The van der Waals surface area contributed by atoms with E-state index >= 15 is 0 Å². The largest absolute Gasteiger partial charge is 0.383 e. The second kappa shape index (κ2) is 10.2. The Bertz CT molecular complexity index is 388. The monoisotopic (exact) mass is 344 g/mol. The van der Waals surface area contributed by atoms with Gasteiger partial charge in [0.2, 0.25) is 0 Å². The van der Waals surface area contributed by atoms with E-state index in [2.05, 4.69) is 51.4 Å². The van der Waals surface area contributed by atoms with Gasteiger partial charge in [0.25, 0.3) is 0 Å². The molecule has 4 nitrogen and oxygen atoms in total. The van der Waals surface area contributed by atoms with Gasteiger partial charge in [0.15, 0.2) is 0 Å². The minimum absolute atomic E-state index is 0.732. The SMILES string of the molecule is CCOCCN(C)c1ccc(CNCCOC)c(Br)c1. The van der Waals surface area contributed by atoms with Crippen LogP contribution in [0.5, 0.6) is 0 Å². The minimum atomic E-state index is 0.732. The lowest BCUT2D eigenvalue weighted by Crippen LogP contribution is -2.23. The zero-order chi connectivity index (χ0) is 14.8. The van der Waals surface area contributed by atoms with Gasteiger partial charge < -0.3 is 19.7 Å². The van der Waals surface area contributed by atoms with Crippen LogP contribution in [0.4, 0.5) is 5.69 Å². The van der Waals surface area contributed by atoms with E-state index in [9.17, 15) is 0 Å². The third kappa shape index (κ3) is 6.22. The maximum Gasteiger partial charge on any atom is 0.0641 e. The maximum absolute atomic E-state index is 5.38. The molecular weight excluding hydrogens is 320 g/mol. The van der Waals surface area contributed by atoms with E-state index in [-0.39, 0.29) is 0 Å². The number of hydrogen-bond donors (Lipinski definition) is 1. The number of nitrogens with zero attached hydrogens (tertiary/aromatic N) is 1. The highest BCUT2D eigenvalue weighted by atomic mass is 79.9. The van der Waals surface area contributed by atoms with Gasteiger partial charge in [0.1, 0.15) is 0 Å². The zero-order valence-corrected chi connectivity index (χ0v) is 14.2. The lowest BCUT2D eigenvalue weighted by molar-refractivity contribution is 0.154. The molecular formula is C15H25BrN2O2. The van der Waals surface area contributed by atoms with Crippen molar-refractivity contribution in [2.24, 2.45) is 0 Å². The van der Waals surface area contributed by atoms with E-state index in [0.717, 1.165) is 43.9 Å². The van der Waals surface area contributed by atoms with Gasteiger partial charge in [-0.1, -0.05) is 22.0 Å². The molecule has 0 radical (unpaired) electrons. The molecule has 1 aromatic carbocycles. The van der Waals surface area contributed by atoms with Crippen LogP contribution in [0.25, 0.3) is 0 Å². The highest BCUT2D eigenvalue weighted by Crippen LogP contribution is 2.23. The standard InChI is InChI=1S/C15H25BrN2O2/c1-4-20-10-8-18(2)14-6-5-13(15(16)11-14)12-17-7-9-19-3/h5-6,11,17H,4,7-10,12H2,1-3H3. The number of anilines is 1. The Balaban J connectivity index is 2.49. The summed E-state index contributed by atoms with van der Waals surface area (Å²) in [4.78, 5) is 2.20. The molecule has 0 aliphatic carbocycles. The summed E-state index contributed by atoms with van der Waals surface area (Å²) in [5.41, 5.74) is 2.44. The van der Waals surface area contributed by atoms with Crippen LogP contribution < -0.4 is 10.2 Å². The predicted octanol–water partition coefficient (Wildman–Crippen LogP) is 2.66. The third-order valence-electron chi connectivity index (χ3n) is 3.05. The Morgan fingerprint density at radius 2 is 2.10 bits per heavy atom. The first-order chi connectivity index (χ1) is 9.69. The van der Waals surface area contributed by atoms with Gasteiger partial charge in [-0.05, 0) is 24.6 Å². The first kappa shape index (κ1) is 17.4. The smallest absolute Gasteiger partial charge is 0.0641 e. The number of methoxy groups -OCH3 is 1. The lowest BCUT2D eigenvalue weighted by atomic mass is 10.2. The Labute approximate surface area is 130 Å². The Hall–Kier alpha value is -0.620. The van der Waals surface area contributed by atoms with Crippen LogP contribution >= 0.6 is 15.9 Å². The van der Waals surface area contributed by atoms with Crippen molar-refractivity contribution < 1.29 is 9.47 Å². The zero-order valence-electron chi connectivity index (χ0n) is 12.6. The van der Waals surface area contributed by atoms with E-state index in [1.165, 1.54) is 11.3 Å². The number of likely N-dealkylation sites (N-methyl/N-ethyl adjacent to an activating group) is 1. The second-order valence-electron chi connectivity index (χ2n) is 4.56. The average Bonchev–Trinajstić information content (AvgIpc) is 2.45. The summed E-state index contributed by atoms with van der Waals surface area (Å²) in [7, 11) is 3.79. The predicted molar refractivity (Wildman–Crippen MR) is 87.5 cm³/mol. The fourth-order valence-corrected chi connectivity index (χ4v) is 2.30. The van der Waals surface area contributed by atoms with Crippen LogP contribution in [-0.4, -0.2) is 47.1 Å². The van der Waals surface area contributed by atoms with Gasteiger partial charge in [0, 0.05) is 50.6 Å². The molecule has 0 saturated carbocycles. The number of rotatable bonds is 10. The molecule has 0 bridgehead atoms. The van der Waals surface area contributed by atoms with Crippen molar-refractivity contribution >= 4 is 21.6 Å². The highest BCUT2D eigenvalue weighted by molar-refractivity contribution is 9.10. The van der Waals surface area contributed by atoms with Gasteiger partial charge in [-0.3, -0.25) is 0 Å². The van der Waals surface area contributed by atoms with E-state index in [0.29, 0.717) is 0 Å². The summed E-state index contributed by atoms with van der Waals surface area (Å²) in [6, 6.07) is 6.44. The van der Waals surface area contributed by atoms with E-state index in [1.807, 2.05) is 6.92 Å². The molecule has 1 N–H and O–H groups in total. The van der Waals surface area contributed by atoms with Gasteiger partial charge in [-0.15, -0.1) is 0 Å². The molecule has 114 valence electrons. The van der Waals surface area contributed by atoms with Gasteiger partial charge >= 0.3 is 0 Å². The van der Waals surface area contributed by atoms with Crippen LogP contribution in [0.15, 0.2) is 22.7 Å². The van der Waals surface area contributed by atoms with Crippen molar-refractivity contribution in [2.45, 2.75) is 13.5 Å². The van der Waals surface area contributed by atoms with E-state index < -0.39 is 0 Å². The second-order valence-corrected chi connectivity index (χ2v) is 5.42. The normalized spacial score (nSPS) is 10.8. The Kier molecular flexibility index (Phi) is 8.85. The average molecular weight is 345 g/mol. The first-order valence-electron chi connectivity index (χ1n) is 6.96. The maximum atomic E-state index is 5.38. The fraction of sp³-hybridized carbons (Fsp3) is 0.600. The Morgan fingerprint density at radius 1 is 1.30 bits per heavy atom. The summed E-state index contributed by atoms with van der Waals surface area (Å²) in [6.45, 7) is 6.87. The Morgan fingerprint density at radius 3 is 2.75 bits per heavy atom. The van der Waals surface area contributed by atoms with Crippen molar-refractivity contribution in [3.63, 3.8) is 0 Å². The number of halogens is 1. The molecule has 0 atom stereocenters. The van der Waals surface area contributed by atoms with Gasteiger partial charge in [-0.2, -0.15) is 0 Å². The lowest BCUT2D eigenvalue weighted by Gasteiger charge is -2.20. The molecule has 0 fully saturated rings. The van der Waals surface area contributed by atoms with Crippen LogP contribution in [-0.2, 0) is 16.0 Å². The highest BCUT2D eigenvalue weighted by Gasteiger charge is 2.05. The number of hydrogen-bond acceptors (Lipinski definition) is 4. The van der Waals surface area contributed by atoms with Crippen molar-refractivity contribution in [1.82, 2.24) is 5.32 Å². The number of nitrogens with one attached hydrogen (secondary N) is 1. The molecule has 0 aliphatic heterocycles. The molecule has 1 rings (SSSR count). The van der Waals surface area contributed by atoms with Crippen LogP contribution in [0.1, 0.15) is 12.5 Å². The number of ether oxygens (including phenoxy) is 2.